The third-order valence-electron chi connectivity index (χ3n) is 6.57. The minimum Gasteiger partial charge on any atom is -0.350 e. The molecule has 0 saturated heterocycles. The summed E-state index contributed by atoms with van der Waals surface area (Å²) in [5.74, 6) is -1.02. The Kier molecular flexibility index (Phi) is 8.36. The average molecular weight is 562 g/mol. The van der Waals surface area contributed by atoms with Crippen LogP contribution in [0, 0.1) is 5.92 Å². The number of hydrogen-bond donors (Lipinski definition) is 4. The third-order valence-corrected chi connectivity index (χ3v) is 8.34. The molecule has 0 spiro atoms. The molecule has 10 nitrogen and oxygen atoms in total. The van der Waals surface area contributed by atoms with Gasteiger partial charge in [-0.2, -0.15) is 0 Å². The Morgan fingerprint density at radius 3 is 2.42 bits per heavy atom. The van der Waals surface area contributed by atoms with Gasteiger partial charge in [0.1, 0.15) is 0 Å². The first-order valence-corrected chi connectivity index (χ1v) is 14.2. The highest BCUT2D eigenvalue weighted by molar-refractivity contribution is 7.91. The number of amidine groups is 1. The molecule has 3 aromatic rings. The standard InChI is InChI=1S/C29H31N5O5S/c1-18(2)26(34(37)29(30)36)17-40(38,39)23-13-11-21(12-14-23)22-8-6-7-20(15-22)16-31-28(35)27-32-19(3)24-9-4-5-10-25(24)33-27/h4-15,18,26,37H,3,16-17H2,1-2H3,(H2,30,36)(H,31,35)(H,32,33). The smallest absolute Gasteiger partial charge is 0.338 e. The van der Waals surface area contributed by atoms with Gasteiger partial charge in [-0.15, -0.1) is 0 Å². The van der Waals surface area contributed by atoms with E-state index in [1.165, 1.54) is 12.1 Å². The number of aliphatic imine (C=N–C) groups is 1. The number of nitrogens with one attached hydrogen (secondary N) is 2. The summed E-state index contributed by atoms with van der Waals surface area (Å²) < 4.78 is 26.0. The van der Waals surface area contributed by atoms with Crippen molar-refractivity contribution >= 4 is 39.0 Å². The molecular formula is C29H31N5O5S. The van der Waals surface area contributed by atoms with Gasteiger partial charge in [-0.3, -0.25) is 10.0 Å². The van der Waals surface area contributed by atoms with Gasteiger partial charge in [0.2, 0.25) is 0 Å². The lowest BCUT2D eigenvalue weighted by atomic mass is 10.0. The number of sulfone groups is 1. The van der Waals surface area contributed by atoms with E-state index in [0.29, 0.717) is 11.4 Å². The molecule has 208 valence electrons. The largest absolute Gasteiger partial charge is 0.350 e. The summed E-state index contributed by atoms with van der Waals surface area (Å²) in [5.41, 5.74) is 9.70. The van der Waals surface area contributed by atoms with Crippen molar-refractivity contribution in [1.29, 1.82) is 0 Å². The molecule has 1 atom stereocenters. The van der Waals surface area contributed by atoms with Gasteiger partial charge in [-0.25, -0.2) is 23.3 Å². The minimum atomic E-state index is -3.82. The first-order chi connectivity index (χ1) is 19.0. The molecule has 0 aromatic heterocycles. The lowest BCUT2D eigenvalue weighted by Crippen LogP contribution is -2.47. The van der Waals surface area contributed by atoms with Gasteiger partial charge in [0.15, 0.2) is 15.7 Å². The molecule has 0 aliphatic carbocycles. The fourth-order valence-corrected chi connectivity index (χ4v) is 6.02. The topological polar surface area (TPSA) is 154 Å². The summed E-state index contributed by atoms with van der Waals surface area (Å²) in [6.07, 6.45) is 0. The number of para-hydroxylation sites is 1. The van der Waals surface area contributed by atoms with Crippen molar-refractivity contribution in [1.82, 2.24) is 15.7 Å². The molecule has 40 heavy (non-hydrogen) atoms. The molecule has 0 saturated carbocycles. The maximum atomic E-state index is 13.0. The van der Waals surface area contributed by atoms with Gasteiger partial charge in [-0.05, 0) is 46.9 Å². The highest BCUT2D eigenvalue weighted by atomic mass is 32.2. The van der Waals surface area contributed by atoms with Crippen molar-refractivity contribution in [2.75, 3.05) is 5.75 Å². The summed E-state index contributed by atoms with van der Waals surface area (Å²) in [7, 11) is -3.82. The Morgan fingerprint density at radius 1 is 1.05 bits per heavy atom. The SMILES string of the molecule is C=C1NC(C(=O)NCc2cccc(-c3ccc(S(=O)(=O)CC(C(C)C)N(O)C(N)=O)cc3)c2)=Nc2ccccc21. The normalized spacial score (nSPS) is 13.6. The molecule has 1 heterocycles. The van der Waals surface area contributed by atoms with Crippen molar-refractivity contribution in [2.24, 2.45) is 16.6 Å². The fourth-order valence-electron chi connectivity index (χ4n) is 4.30. The van der Waals surface area contributed by atoms with E-state index >= 15 is 0 Å². The molecule has 0 bridgehead atoms. The minimum absolute atomic E-state index is 0.0621. The lowest BCUT2D eigenvalue weighted by Gasteiger charge is -2.27. The van der Waals surface area contributed by atoms with Crippen molar-refractivity contribution in [3.8, 4) is 11.1 Å². The second kappa shape index (κ2) is 11.7. The Morgan fingerprint density at radius 2 is 1.75 bits per heavy atom. The van der Waals surface area contributed by atoms with Crippen molar-refractivity contribution < 1.29 is 23.2 Å². The molecule has 11 heteroatoms. The van der Waals surface area contributed by atoms with Crippen LogP contribution in [0.2, 0.25) is 0 Å². The van der Waals surface area contributed by atoms with Crippen LogP contribution in [-0.2, 0) is 21.2 Å². The molecule has 4 rings (SSSR count). The Labute approximate surface area is 233 Å². The predicted molar refractivity (Wildman–Crippen MR) is 153 cm³/mol. The van der Waals surface area contributed by atoms with E-state index in [-0.39, 0.29) is 34.2 Å². The van der Waals surface area contributed by atoms with Gasteiger partial charge in [0.25, 0.3) is 5.91 Å². The number of urea groups is 1. The van der Waals surface area contributed by atoms with E-state index in [1.807, 2.05) is 48.5 Å². The van der Waals surface area contributed by atoms with E-state index < -0.39 is 27.7 Å². The maximum absolute atomic E-state index is 13.0. The number of hydrogen-bond acceptors (Lipinski definition) is 7. The number of nitrogens with zero attached hydrogens (tertiary/aromatic N) is 2. The van der Waals surface area contributed by atoms with Crippen LogP contribution in [0.15, 0.2) is 89.3 Å². The van der Waals surface area contributed by atoms with Crippen LogP contribution in [0.25, 0.3) is 16.8 Å². The fraction of sp³-hybridized carbons (Fsp3) is 0.207. The van der Waals surface area contributed by atoms with Gasteiger partial charge >= 0.3 is 6.03 Å². The van der Waals surface area contributed by atoms with Crippen LogP contribution >= 0.6 is 0 Å². The number of carbonyl (C=O) groups excluding carboxylic acids is 2. The van der Waals surface area contributed by atoms with Crippen molar-refractivity contribution in [2.45, 2.75) is 31.3 Å². The molecule has 3 amide bonds. The first-order valence-electron chi connectivity index (χ1n) is 12.6. The summed E-state index contributed by atoms with van der Waals surface area (Å²) in [4.78, 5) is 28.6. The third kappa shape index (κ3) is 6.38. The van der Waals surface area contributed by atoms with Gasteiger partial charge in [-0.1, -0.05) is 69.0 Å². The Balaban J connectivity index is 1.44. The number of fused-ring (bicyclic) bond motifs is 1. The summed E-state index contributed by atoms with van der Waals surface area (Å²) in [6.45, 7) is 7.61. The molecule has 5 N–H and O–H groups in total. The predicted octanol–water partition coefficient (Wildman–Crippen LogP) is 3.84. The zero-order valence-corrected chi connectivity index (χ0v) is 23.0. The van der Waals surface area contributed by atoms with E-state index in [2.05, 4.69) is 22.2 Å². The van der Waals surface area contributed by atoms with Crippen LogP contribution < -0.4 is 16.4 Å². The van der Waals surface area contributed by atoms with Crippen LogP contribution in [-0.4, -0.2) is 48.3 Å². The van der Waals surface area contributed by atoms with E-state index in [1.54, 1.807) is 26.0 Å². The quantitative estimate of drug-likeness (QED) is 0.230. The number of benzene rings is 3. The number of primary amides is 1. The monoisotopic (exact) mass is 561 g/mol. The molecule has 1 unspecified atom stereocenters. The number of rotatable bonds is 9. The zero-order chi connectivity index (χ0) is 29.0. The lowest BCUT2D eigenvalue weighted by molar-refractivity contribution is -0.115. The summed E-state index contributed by atoms with van der Waals surface area (Å²) in [6, 6.07) is 19.2. The average Bonchev–Trinajstić information content (AvgIpc) is 2.94. The van der Waals surface area contributed by atoms with Gasteiger partial charge in [0.05, 0.1) is 22.4 Å². The first kappa shape index (κ1) is 28.5. The van der Waals surface area contributed by atoms with Crippen molar-refractivity contribution in [3.63, 3.8) is 0 Å². The van der Waals surface area contributed by atoms with Crippen molar-refractivity contribution in [3.05, 3.63) is 90.5 Å². The molecular weight excluding hydrogens is 530 g/mol. The Hall–Kier alpha value is -4.48. The second-order valence-electron chi connectivity index (χ2n) is 9.76. The molecule has 3 aromatic carbocycles. The van der Waals surface area contributed by atoms with E-state index in [9.17, 15) is 23.2 Å². The molecule has 0 fully saturated rings. The van der Waals surface area contributed by atoms with Crippen LogP contribution in [0.4, 0.5) is 10.5 Å². The zero-order valence-electron chi connectivity index (χ0n) is 22.2. The van der Waals surface area contributed by atoms with Crippen LogP contribution in [0.3, 0.4) is 0 Å². The highest BCUT2D eigenvalue weighted by Gasteiger charge is 2.30. The number of nitrogens with two attached hydrogens (primary N) is 1. The number of carbonyl (C=O) groups is 2. The van der Waals surface area contributed by atoms with Gasteiger partial charge < -0.3 is 16.4 Å². The van der Waals surface area contributed by atoms with Crippen LogP contribution in [0.1, 0.15) is 25.0 Å². The number of amides is 3. The second-order valence-corrected chi connectivity index (χ2v) is 11.8. The van der Waals surface area contributed by atoms with E-state index in [0.717, 1.165) is 22.3 Å². The Bertz CT molecular complexity index is 1580. The van der Waals surface area contributed by atoms with Gasteiger partial charge in [0, 0.05) is 17.8 Å². The molecule has 1 aliphatic heterocycles. The summed E-state index contributed by atoms with van der Waals surface area (Å²) >= 11 is 0. The molecule has 1 aliphatic rings. The van der Waals surface area contributed by atoms with Crippen LogP contribution in [0.5, 0.6) is 0 Å². The maximum Gasteiger partial charge on any atom is 0.338 e. The van der Waals surface area contributed by atoms with E-state index in [4.69, 9.17) is 5.73 Å². The summed E-state index contributed by atoms with van der Waals surface area (Å²) in [5, 5.41) is 16.0. The number of hydroxylamine groups is 2. The highest BCUT2D eigenvalue weighted by Crippen LogP contribution is 2.27. The molecule has 0 radical (unpaired) electrons.